The zero-order valence-electron chi connectivity index (χ0n) is 13.3. The fourth-order valence-electron chi connectivity index (χ4n) is 3.76. The summed E-state index contributed by atoms with van der Waals surface area (Å²) in [5, 5.41) is 3.74. The highest BCUT2D eigenvalue weighted by molar-refractivity contribution is 7.11. The second-order valence-corrected chi connectivity index (χ2v) is 8.26. The minimum atomic E-state index is 0.463. The SMILES string of the molecule is CCNC(Cc1ccc(CC)s1)C1C(C)(C)C1(C)C. The number of aryl methyl sites for hydroxylation is 1. The van der Waals surface area contributed by atoms with Crippen LogP contribution in [0.3, 0.4) is 0 Å². The summed E-state index contributed by atoms with van der Waals surface area (Å²) in [6.45, 7) is 15.2. The Kier molecular flexibility index (Phi) is 4.13. The number of nitrogens with one attached hydrogen (secondary N) is 1. The van der Waals surface area contributed by atoms with E-state index in [4.69, 9.17) is 0 Å². The summed E-state index contributed by atoms with van der Waals surface area (Å²) in [5.74, 6) is 0.784. The van der Waals surface area contributed by atoms with Crippen LogP contribution in [-0.2, 0) is 12.8 Å². The van der Waals surface area contributed by atoms with Crippen molar-refractivity contribution in [2.24, 2.45) is 16.7 Å². The largest absolute Gasteiger partial charge is 0.314 e. The molecule has 0 radical (unpaired) electrons. The van der Waals surface area contributed by atoms with Crippen molar-refractivity contribution in [3.63, 3.8) is 0 Å². The molecular formula is C17H29NS. The molecule has 1 fully saturated rings. The van der Waals surface area contributed by atoms with Gasteiger partial charge in [0.15, 0.2) is 0 Å². The van der Waals surface area contributed by atoms with Crippen molar-refractivity contribution >= 4 is 11.3 Å². The van der Waals surface area contributed by atoms with Gasteiger partial charge in [-0.3, -0.25) is 0 Å². The van der Waals surface area contributed by atoms with Gasteiger partial charge in [0, 0.05) is 15.8 Å². The zero-order valence-corrected chi connectivity index (χ0v) is 14.2. The first-order valence-corrected chi connectivity index (χ1v) is 8.47. The van der Waals surface area contributed by atoms with Gasteiger partial charge >= 0.3 is 0 Å². The summed E-state index contributed by atoms with van der Waals surface area (Å²) in [7, 11) is 0. The smallest absolute Gasteiger partial charge is 0.0154 e. The molecule has 19 heavy (non-hydrogen) atoms. The predicted molar refractivity (Wildman–Crippen MR) is 85.9 cm³/mol. The quantitative estimate of drug-likeness (QED) is 0.807. The van der Waals surface area contributed by atoms with Crippen LogP contribution in [0, 0.1) is 16.7 Å². The van der Waals surface area contributed by atoms with E-state index >= 15 is 0 Å². The molecule has 108 valence electrons. The Morgan fingerprint density at radius 1 is 1.11 bits per heavy atom. The van der Waals surface area contributed by atoms with Crippen LogP contribution in [0.1, 0.15) is 51.3 Å². The average molecular weight is 279 g/mol. The first kappa shape index (κ1) is 15.1. The van der Waals surface area contributed by atoms with Crippen molar-refractivity contribution < 1.29 is 0 Å². The second kappa shape index (κ2) is 5.21. The van der Waals surface area contributed by atoms with E-state index in [2.05, 4.69) is 59.0 Å². The maximum atomic E-state index is 3.74. The number of thiophene rings is 1. The molecule has 1 saturated carbocycles. The van der Waals surface area contributed by atoms with E-state index in [-0.39, 0.29) is 0 Å². The molecule has 0 aromatic carbocycles. The molecule has 1 aliphatic carbocycles. The summed E-state index contributed by atoms with van der Waals surface area (Å²) in [4.78, 5) is 3.06. The fraction of sp³-hybridized carbons (Fsp3) is 0.765. The fourth-order valence-corrected chi connectivity index (χ4v) is 4.78. The molecule has 1 heterocycles. The molecule has 1 nitrogen and oxygen atoms in total. The van der Waals surface area contributed by atoms with Gasteiger partial charge in [0.05, 0.1) is 0 Å². The highest BCUT2D eigenvalue weighted by Crippen LogP contribution is 2.69. The van der Waals surface area contributed by atoms with Crippen molar-refractivity contribution in [1.82, 2.24) is 5.32 Å². The Bertz CT molecular complexity index is 416. The summed E-state index contributed by atoms with van der Waals surface area (Å²) in [6.07, 6.45) is 2.35. The lowest BCUT2D eigenvalue weighted by molar-refractivity contribution is 0.405. The molecule has 1 aromatic heterocycles. The minimum Gasteiger partial charge on any atom is -0.314 e. The molecule has 1 unspecified atom stereocenters. The second-order valence-electron chi connectivity index (χ2n) is 7.01. The van der Waals surface area contributed by atoms with Gasteiger partial charge in [-0.25, -0.2) is 0 Å². The van der Waals surface area contributed by atoms with Crippen molar-refractivity contribution in [1.29, 1.82) is 0 Å². The molecule has 2 heteroatoms. The average Bonchev–Trinajstić information content (AvgIpc) is 2.69. The third-order valence-corrected chi connectivity index (χ3v) is 6.74. The van der Waals surface area contributed by atoms with E-state index in [9.17, 15) is 0 Å². The van der Waals surface area contributed by atoms with Gasteiger partial charge in [0.25, 0.3) is 0 Å². The normalized spacial score (nSPS) is 22.4. The standard InChI is InChI=1S/C17H29NS/c1-7-12-9-10-13(19-12)11-14(18-8-2)15-16(3,4)17(15,5)6/h9-10,14-15,18H,7-8,11H2,1-6H3. The monoisotopic (exact) mass is 279 g/mol. The van der Waals surface area contributed by atoms with E-state index in [1.807, 2.05) is 11.3 Å². The molecule has 1 N–H and O–H groups in total. The van der Waals surface area contributed by atoms with Crippen LogP contribution in [0.5, 0.6) is 0 Å². The van der Waals surface area contributed by atoms with Crippen molar-refractivity contribution in [2.75, 3.05) is 6.54 Å². The molecular weight excluding hydrogens is 250 g/mol. The first-order valence-electron chi connectivity index (χ1n) is 7.65. The van der Waals surface area contributed by atoms with Crippen molar-refractivity contribution in [2.45, 2.75) is 60.4 Å². The summed E-state index contributed by atoms with van der Waals surface area (Å²) >= 11 is 1.99. The molecule has 1 atom stereocenters. The van der Waals surface area contributed by atoms with Gasteiger partial charge in [0.1, 0.15) is 0 Å². The zero-order chi connectivity index (χ0) is 14.3. The molecule has 0 amide bonds. The Labute approximate surface area is 122 Å². The lowest BCUT2D eigenvalue weighted by Crippen LogP contribution is -2.35. The van der Waals surface area contributed by atoms with Gasteiger partial charge < -0.3 is 5.32 Å². The maximum Gasteiger partial charge on any atom is 0.0154 e. The van der Waals surface area contributed by atoms with Gasteiger partial charge in [-0.05, 0) is 48.3 Å². The van der Waals surface area contributed by atoms with Gasteiger partial charge in [-0.15, -0.1) is 11.3 Å². The molecule has 0 saturated heterocycles. The van der Waals surface area contributed by atoms with Crippen LogP contribution in [-0.4, -0.2) is 12.6 Å². The van der Waals surface area contributed by atoms with E-state index < -0.39 is 0 Å². The summed E-state index contributed by atoms with van der Waals surface area (Å²) in [5.41, 5.74) is 0.926. The Morgan fingerprint density at radius 2 is 1.68 bits per heavy atom. The van der Waals surface area contributed by atoms with Gasteiger partial charge in [-0.2, -0.15) is 0 Å². The van der Waals surface area contributed by atoms with Crippen molar-refractivity contribution in [3.05, 3.63) is 21.9 Å². The summed E-state index contributed by atoms with van der Waals surface area (Å²) in [6, 6.07) is 5.25. The van der Waals surface area contributed by atoms with Crippen molar-refractivity contribution in [3.8, 4) is 0 Å². The first-order chi connectivity index (χ1) is 8.84. The number of hydrogen-bond donors (Lipinski definition) is 1. The Hall–Kier alpha value is -0.340. The molecule has 2 rings (SSSR count). The number of rotatable bonds is 6. The highest BCUT2D eigenvalue weighted by Gasteiger charge is 2.66. The molecule has 1 aliphatic rings. The third kappa shape index (κ3) is 2.62. The Balaban J connectivity index is 2.09. The molecule has 0 spiro atoms. The molecule has 0 aliphatic heterocycles. The Morgan fingerprint density at radius 3 is 2.11 bits per heavy atom. The van der Waals surface area contributed by atoms with E-state index in [0.717, 1.165) is 18.9 Å². The maximum absolute atomic E-state index is 3.74. The van der Waals surface area contributed by atoms with Gasteiger partial charge in [-0.1, -0.05) is 41.5 Å². The van der Waals surface area contributed by atoms with Crippen LogP contribution in [0.2, 0.25) is 0 Å². The molecule has 1 aromatic rings. The van der Waals surface area contributed by atoms with Crippen LogP contribution in [0.25, 0.3) is 0 Å². The topological polar surface area (TPSA) is 12.0 Å². The summed E-state index contributed by atoms with van der Waals surface area (Å²) < 4.78 is 0. The number of likely N-dealkylation sites (N-methyl/N-ethyl adjacent to an activating group) is 1. The van der Waals surface area contributed by atoms with Crippen LogP contribution in [0.15, 0.2) is 12.1 Å². The third-order valence-electron chi connectivity index (χ3n) is 5.49. The minimum absolute atomic E-state index is 0.463. The van der Waals surface area contributed by atoms with E-state index in [1.54, 1.807) is 4.88 Å². The lowest BCUT2D eigenvalue weighted by Gasteiger charge is -2.19. The molecule has 0 bridgehead atoms. The van der Waals surface area contributed by atoms with Crippen LogP contribution in [0.4, 0.5) is 0 Å². The van der Waals surface area contributed by atoms with Gasteiger partial charge in [0.2, 0.25) is 0 Å². The lowest BCUT2D eigenvalue weighted by atomic mass is 10.0. The highest BCUT2D eigenvalue weighted by atomic mass is 32.1. The van der Waals surface area contributed by atoms with E-state index in [0.29, 0.717) is 16.9 Å². The number of hydrogen-bond acceptors (Lipinski definition) is 2. The van der Waals surface area contributed by atoms with Crippen LogP contribution >= 0.6 is 11.3 Å². The van der Waals surface area contributed by atoms with E-state index in [1.165, 1.54) is 11.3 Å². The predicted octanol–water partition coefficient (Wildman–Crippen LogP) is 4.51. The van der Waals surface area contributed by atoms with Crippen LogP contribution < -0.4 is 5.32 Å².